The maximum atomic E-state index is 4.36. The Balaban J connectivity index is 2.42. The topological polar surface area (TPSA) is 41.6 Å². The SMILES string of the molecule is SCC=Cc1cnc2[nH]ccc2n1. The summed E-state index contributed by atoms with van der Waals surface area (Å²) in [5.41, 5.74) is 2.57. The van der Waals surface area contributed by atoms with Gasteiger partial charge < -0.3 is 4.98 Å². The first kappa shape index (κ1) is 8.31. The third kappa shape index (κ3) is 1.72. The van der Waals surface area contributed by atoms with E-state index >= 15 is 0 Å². The number of aromatic amines is 1. The van der Waals surface area contributed by atoms with E-state index in [4.69, 9.17) is 0 Å². The molecule has 2 aromatic heterocycles. The van der Waals surface area contributed by atoms with Gasteiger partial charge in [0, 0.05) is 11.9 Å². The smallest absolute Gasteiger partial charge is 0.156 e. The molecule has 0 aliphatic rings. The van der Waals surface area contributed by atoms with Gasteiger partial charge in [-0.3, -0.25) is 0 Å². The van der Waals surface area contributed by atoms with Gasteiger partial charge in [0.25, 0.3) is 0 Å². The van der Waals surface area contributed by atoms with Crippen molar-refractivity contribution in [2.75, 3.05) is 5.75 Å². The minimum absolute atomic E-state index is 0.715. The Morgan fingerprint density at radius 2 is 2.46 bits per heavy atom. The third-order valence-electron chi connectivity index (χ3n) is 1.67. The summed E-state index contributed by atoms with van der Waals surface area (Å²) < 4.78 is 0. The van der Waals surface area contributed by atoms with Gasteiger partial charge in [-0.15, -0.1) is 0 Å². The normalized spacial score (nSPS) is 11.5. The van der Waals surface area contributed by atoms with Gasteiger partial charge in [-0.05, 0) is 12.1 Å². The first-order valence-electron chi connectivity index (χ1n) is 3.97. The van der Waals surface area contributed by atoms with Crippen LogP contribution in [0.3, 0.4) is 0 Å². The van der Waals surface area contributed by atoms with Gasteiger partial charge in [0.05, 0.1) is 11.9 Å². The van der Waals surface area contributed by atoms with E-state index in [-0.39, 0.29) is 0 Å². The summed E-state index contributed by atoms with van der Waals surface area (Å²) in [4.78, 5) is 11.5. The van der Waals surface area contributed by atoms with Crippen LogP contribution in [0.25, 0.3) is 17.2 Å². The Morgan fingerprint density at radius 1 is 1.54 bits per heavy atom. The highest BCUT2D eigenvalue weighted by atomic mass is 32.1. The Bertz CT molecular complexity index is 433. The molecular formula is C9H9N3S. The summed E-state index contributed by atoms with van der Waals surface area (Å²) in [6.07, 6.45) is 7.41. The summed E-state index contributed by atoms with van der Waals surface area (Å²) >= 11 is 4.07. The lowest BCUT2D eigenvalue weighted by atomic mass is 10.4. The maximum absolute atomic E-state index is 4.36. The fourth-order valence-corrected chi connectivity index (χ4v) is 1.20. The van der Waals surface area contributed by atoms with Crippen molar-refractivity contribution in [2.24, 2.45) is 0 Å². The molecule has 0 aliphatic heterocycles. The number of nitrogens with one attached hydrogen (secondary N) is 1. The summed E-state index contributed by atoms with van der Waals surface area (Å²) in [7, 11) is 0. The molecule has 0 saturated heterocycles. The second-order valence-corrected chi connectivity index (χ2v) is 2.96. The second kappa shape index (κ2) is 3.62. The number of aromatic nitrogens is 3. The molecule has 0 fully saturated rings. The maximum Gasteiger partial charge on any atom is 0.156 e. The van der Waals surface area contributed by atoms with Crippen LogP contribution in [0.5, 0.6) is 0 Å². The van der Waals surface area contributed by atoms with E-state index in [1.165, 1.54) is 0 Å². The predicted octanol–water partition coefficient (Wildman–Crippen LogP) is 1.90. The lowest BCUT2D eigenvalue weighted by molar-refractivity contribution is 1.24. The van der Waals surface area contributed by atoms with Crippen LogP contribution in [0.15, 0.2) is 24.5 Å². The lowest BCUT2D eigenvalue weighted by Crippen LogP contribution is -1.84. The van der Waals surface area contributed by atoms with Crippen LogP contribution >= 0.6 is 12.6 Å². The number of hydrogen-bond donors (Lipinski definition) is 2. The number of hydrogen-bond acceptors (Lipinski definition) is 3. The van der Waals surface area contributed by atoms with Crippen molar-refractivity contribution < 1.29 is 0 Å². The van der Waals surface area contributed by atoms with Gasteiger partial charge in [-0.25, -0.2) is 9.97 Å². The van der Waals surface area contributed by atoms with Gasteiger partial charge in [0.15, 0.2) is 5.65 Å². The quantitative estimate of drug-likeness (QED) is 0.712. The highest BCUT2D eigenvalue weighted by Gasteiger charge is 1.96. The molecule has 0 spiro atoms. The first-order valence-corrected chi connectivity index (χ1v) is 4.61. The number of nitrogens with zero attached hydrogens (tertiary/aromatic N) is 2. The molecule has 0 bridgehead atoms. The average Bonchev–Trinajstić information content (AvgIpc) is 2.61. The molecule has 2 rings (SSSR count). The highest BCUT2D eigenvalue weighted by Crippen LogP contribution is 2.07. The van der Waals surface area contributed by atoms with Crippen molar-refractivity contribution in [2.45, 2.75) is 0 Å². The van der Waals surface area contributed by atoms with Crippen molar-refractivity contribution in [1.82, 2.24) is 15.0 Å². The molecule has 1 N–H and O–H groups in total. The van der Waals surface area contributed by atoms with Crippen LogP contribution in [0.1, 0.15) is 5.69 Å². The molecule has 2 aromatic rings. The van der Waals surface area contributed by atoms with Crippen LogP contribution in [0, 0.1) is 0 Å². The van der Waals surface area contributed by atoms with E-state index in [1.54, 1.807) is 6.20 Å². The highest BCUT2D eigenvalue weighted by molar-refractivity contribution is 7.80. The summed E-state index contributed by atoms with van der Waals surface area (Å²) in [5.74, 6) is 0.715. The second-order valence-electron chi connectivity index (χ2n) is 2.59. The number of fused-ring (bicyclic) bond motifs is 1. The first-order chi connectivity index (χ1) is 6.40. The molecule has 3 nitrogen and oxygen atoms in total. The van der Waals surface area contributed by atoms with Crippen LogP contribution in [-0.4, -0.2) is 20.7 Å². The average molecular weight is 191 g/mol. The van der Waals surface area contributed by atoms with Gasteiger partial charge in [-0.1, -0.05) is 6.08 Å². The molecule has 0 aliphatic carbocycles. The molecule has 4 heteroatoms. The molecule has 0 saturated carbocycles. The molecule has 0 unspecified atom stereocenters. The van der Waals surface area contributed by atoms with Crippen LogP contribution in [0.4, 0.5) is 0 Å². The molecule has 0 atom stereocenters. The Hall–Kier alpha value is -1.29. The standard InChI is InChI=1S/C9H9N3S/c13-5-1-2-7-6-11-9-8(12-7)3-4-10-9/h1-4,6,13H,5H2,(H,10,11). The molecule has 2 heterocycles. The van der Waals surface area contributed by atoms with Crippen molar-refractivity contribution in [3.8, 4) is 0 Å². The third-order valence-corrected chi connectivity index (χ3v) is 1.88. The van der Waals surface area contributed by atoms with Crippen LogP contribution < -0.4 is 0 Å². The van der Waals surface area contributed by atoms with Crippen molar-refractivity contribution >= 4 is 29.9 Å². The summed E-state index contributed by atoms with van der Waals surface area (Å²) in [6.45, 7) is 0. The van der Waals surface area contributed by atoms with E-state index in [0.717, 1.165) is 16.9 Å². The zero-order valence-corrected chi connectivity index (χ0v) is 7.83. The van der Waals surface area contributed by atoms with Crippen molar-refractivity contribution in [3.05, 3.63) is 30.2 Å². The van der Waals surface area contributed by atoms with E-state index in [0.29, 0.717) is 5.75 Å². The lowest BCUT2D eigenvalue weighted by Gasteiger charge is -1.91. The fourth-order valence-electron chi connectivity index (χ4n) is 1.10. The van der Waals surface area contributed by atoms with Crippen LogP contribution in [-0.2, 0) is 0 Å². The molecule has 13 heavy (non-hydrogen) atoms. The molecular weight excluding hydrogens is 182 g/mol. The fraction of sp³-hybridized carbons (Fsp3) is 0.111. The minimum atomic E-state index is 0.715. The van der Waals surface area contributed by atoms with Gasteiger partial charge in [0.2, 0.25) is 0 Å². The molecule has 0 amide bonds. The van der Waals surface area contributed by atoms with Gasteiger partial charge >= 0.3 is 0 Å². The predicted molar refractivity (Wildman–Crippen MR) is 56.8 cm³/mol. The Kier molecular flexibility index (Phi) is 2.31. The largest absolute Gasteiger partial charge is 0.345 e. The zero-order chi connectivity index (χ0) is 9.10. The number of H-pyrrole nitrogens is 1. The Morgan fingerprint density at radius 3 is 3.31 bits per heavy atom. The zero-order valence-electron chi connectivity index (χ0n) is 6.94. The summed E-state index contributed by atoms with van der Waals surface area (Å²) in [5, 5.41) is 0. The van der Waals surface area contributed by atoms with E-state index in [1.807, 2.05) is 24.4 Å². The molecule has 0 radical (unpaired) electrons. The summed E-state index contributed by atoms with van der Waals surface area (Å²) in [6, 6.07) is 1.90. The van der Waals surface area contributed by atoms with Crippen molar-refractivity contribution in [1.29, 1.82) is 0 Å². The van der Waals surface area contributed by atoms with E-state index < -0.39 is 0 Å². The van der Waals surface area contributed by atoms with Gasteiger partial charge in [-0.2, -0.15) is 12.6 Å². The van der Waals surface area contributed by atoms with Gasteiger partial charge in [0.1, 0.15) is 5.52 Å². The molecule has 66 valence electrons. The monoisotopic (exact) mass is 191 g/mol. The van der Waals surface area contributed by atoms with E-state index in [9.17, 15) is 0 Å². The molecule has 0 aromatic carbocycles. The van der Waals surface area contributed by atoms with E-state index in [2.05, 4.69) is 27.6 Å². The number of thiol groups is 1. The number of rotatable bonds is 2. The van der Waals surface area contributed by atoms with Crippen LogP contribution in [0.2, 0.25) is 0 Å². The minimum Gasteiger partial charge on any atom is -0.345 e. The van der Waals surface area contributed by atoms with Crippen molar-refractivity contribution in [3.63, 3.8) is 0 Å². The Labute approximate surface area is 81.3 Å².